The van der Waals surface area contributed by atoms with Crippen LogP contribution in [-0.4, -0.2) is 27.9 Å². The van der Waals surface area contributed by atoms with Crippen molar-refractivity contribution in [2.24, 2.45) is 5.73 Å². The van der Waals surface area contributed by atoms with Gasteiger partial charge in [-0.2, -0.15) is 0 Å². The number of hydrogen-bond donors (Lipinski definition) is 1. The summed E-state index contributed by atoms with van der Waals surface area (Å²) in [5, 5.41) is 0. The molecule has 16 heavy (non-hydrogen) atoms. The SMILES string of the molecule is C[C@H](N)C(=O)N(Cc1cnc(Cl)s1)C1CC1. The van der Waals surface area contributed by atoms with E-state index in [4.69, 9.17) is 17.3 Å². The third kappa shape index (κ3) is 2.72. The molecule has 0 spiro atoms. The molecule has 1 heterocycles. The Labute approximate surface area is 103 Å². The van der Waals surface area contributed by atoms with Crippen LogP contribution in [0.5, 0.6) is 0 Å². The van der Waals surface area contributed by atoms with E-state index in [9.17, 15) is 4.79 Å². The van der Waals surface area contributed by atoms with Crippen molar-refractivity contribution in [3.8, 4) is 0 Å². The Kier molecular flexibility index (Phi) is 3.47. The monoisotopic (exact) mass is 259 g/mol. The van der Waals surface area contributed by atoms with Crippen LogP contribution in [0.15, 0.2) is 6.20 Å². The van der Waals surface area contributed by atoms with E-state index < -0.39 is 6.04 Å². The van der Waals surface area contributed by atoms with Gasteiger partial charge in [-0.05, 0) is 19.8 Å². The first-order valence-electron chi connectivity index (χ1n) is 5.24. The van der Waals surface area contributed by atoms with E-state index in [0.29, 0.717) is 17.1 Å². The Morgan fingerprint density at radius 1 is 1.81 bits per heavy atom. The third-order valence-corrected chi connectivity index (χ3v) is 3.61. The standard InChI is InChI=1S/C10H14ClN3OS/c1-6(12)9(15)14(7-2-3-7)5-8-4-13-10(11)16-8/h4,6-7H,2-3,5,12H2,1H3/t6-/m0/s1. The van der Waals surface area contributed by atoms with Crippen LogP contribution in [0.25, 0.3) is 0 Å². The average Bonchev–Trinajstić information content (AvgIpc) is 2.98. The fourth-order valence-corrected chi connectivity index (χ4v) is 2.54. The van der Waals surface area contributed by atoms with Crippen molar-refractivity contribution in [1.29, 1.82) is 0 Å². The van der Waals surface area contributed by atoms with Crippen molar-refractivity contribution in [2.45, 2.75) is 38.4 Å². The zero-order valence-electron chi connectivity index (χ0n) is 9.02. The van der Waals surface area contributed by atoms with Gasteiger partial charge in [-0.25, -0.2) is 4.98 Å². The summed E-state index contributed by atoms with van der Waals surface area (Å²) in [7, 11) is 0. The number of rotatable bonds is 4. The lowest BCUT2D eigenvalue weighted by atomic mass is 10.3. The maximum atomic E-state index is 11.9. The molecule has 0 aliphatic heterocycles. The molecule has 4 nitrogen and oxygen atoms in total. The lowest BCUT2D eigenvalue weighted by Crippen LogP contribution is -2.42. The molecule has 88 valence electrons. The number of amides is 1. The van der Waals surface area contributed by atoms with Crippen LogP contribution in [0.1, 0.15) is 24.6 Å². The van der Waals surface area contributed by atoms with Crippen LogP contribution in [0.2, 0.25) is 4.47 Å². The minimum absolute atomic E-state index is 0.00650. The summed E-state index contributed by atoms with van der Waals surface area (Å²) in [6.07, 6.45) is 3.87. The second-order valence-corrected chi connectivity index (χ2v) is 5.76. The molecule has 0 radical (unpaired) electrons. The molecule has 1 saturated carbocycles. The molecule has 0 saturated heterocycles. The Morgan fingerprint density at radius 2 is 2.50 bits per heavy atom. The first-order valence-corrected chi connectivity index (χ1v) is 6.43. The zero-order chi connectivity index (χ0) is 11.7. The van der Waals surface area contributed by atoms with Gasteiger partial charge < -0.3 is 10.6 Å². The summed E-state index contributed by atoms with van der Waals surface area (Å²) in [4.78, 5) is 18.7. The Bertz CT molecular complexity index is 389. The molecule has 0 aromatic carbocycles. The summed E-state index contributed by atoms with van der Waals surface area (Å²) >= 11 is 7.17. The van der Waals surface area contributed by atoms with Gasteiger partial charge in [-0.15, -0.1) is 11.3 Å². The van der Waals surface area contributed by atoms with E-state index in [2.05, 4.69) is 4.98 Å². The highest BCUT2D eigenvalue weighted by molar-refractivity contribution is 7.15. The maximum Gasteiger partial charge on any atom is 0.239 e. The normalized spacial score (nSPS) is 17.2. The highest BCUT2D eigenvalue weighted by atomic mass is 35.5. The van der Waals surface area contributed by atoms with Crippen molar-refractivity contribution in [3.05, 3.63) is 15.5 Å². The molecule has 1 fully saturated rings. The molecule has 1 atom stereocenters. The molecule has 0 bridgehead atoms. The van der Waals surface area contributed by atoms with Gasteiger partial charge in [0.25, 0.3) is 0 Å². The lowest BCUT2D eigenvalue weighted by molar-refractivity contribution is -0.133. The van der Waals surface area contributed by atoms with Crippen LogP contribution in [0, 0.1) is 0 Å². The molecule has 1 aromatic heterocycles. The molecule has 1 aliphatic rings. The fraction of sp³-hybridized carbons (Fsp3) is 0.600. The molecule has 1 aromatic rings. The van der Waals surface area contributed by atoms with Gasteiger partial charge in [0, 0.05) is 17.1 Å². The highest BCUT2D eigenvalue weighted by Crippen LogP contribution is 2.30. The van der Waals surface area contributed by atoms with Crippen molar-refractivity contribution in [2.75, 3.05) is 0 Å². The van der Waals surface area contributed by atoms with Crippen LogP contribution < -0.4 is 5.73 Å². The third-order valence-electron chi connectivity index (χ3n) is 2.51. The van der Waals surface area contributed by atoms with Crippen molar-refractivity contribution in [3.63, 3.8) is 0 Å². The summed E-state index contributed by atoms with van der Waals surface area (Å²) < 4.78 is 0.513. The van der Waals surface area contributed by atoms with E-state index in [-0.39, 0.29) is 5.91 Å². The quantitative estimate of drug-likeness (QED) is 0.894. The maximum absolute atomic E-state index is 11.9. The Balaban J connectivity index is 2.06. The predicted molar refractivity (Wildman–Crippen MR) is 64.3 cm³/mol. The summed E-state index contributed by atoms with van der Waals surface area (Å²) in [6.45, 7) is 2.30. The summed E-state index contributed by atoms with van der Waals surface area (Å²) in [6, 6.07) is -0.0802. The molecule has 2 rings (SSSR count). The van der Waals surface area contributed by atoms with Crippen LogP contribution in [0.4, 0.5) is 0 Å². The smallest absolute Gasteiger partial charge is 0.239 e. The fourth-order valence-electron chi connectivity index (χ4n) is 1.56. The van der Waals surface area contributed by atoms with Crippen LogP contribution in [-0.2, 0) is 11.3 Å². The summed E-state index contributed by atoms with van der Waals surface area (Å²) in [5.74, 6) is 0.00650. The number of nitrogens with two attached hydrogens (primary N) is 1. The molecule has 6 heteroatoms. The van der Waals surface area contributed by atoms with Gasteiger partial charge in [0.05, 0.1) is 12.6 Å². The number of nitrogens with zero attached hydrogens (tertiary/aromatic N) is 2. The van der Waals surface area contributed by atoms with Gasteiger partial charge in [-0.3, -0.25) is 4.79 Å². The second kappa shape index (κ2) is 4.69. The molecular weight excluding hydrogens is 246 g/mol. The number of thiazole rings is 1. The van der Waals surface area contributed by atoms with Crippen molar-refractivity contribution >= 4 is 28.8 Å². The molecule has 1 amide bonds. The minimum atomic E-state index is -0.441. The number of aromatic nitrogens is 1. The average molecular weight is 260 g/mol. The van der Waals surface area contributed by atoms with Gasteiger partial charge >= 0.3 is 0 Å². The highest BCUT2D eigenvalue weighted by Gasteiger charge is 2.33. The lowest BCUT2D eigenvalue weighted by Gasteiger charge is -2.23. The molecular formula is C10H14ClN3OS. The van der Waals surface area contributed by atoms with E-state index in [0.717, 1.165) is 17.7 Å². The number of halogens is 1. The Hall–Kier alpha value is -0.650. The number of carbonyl (C=O) groups is 1. The molecule has 0 unspecified atom stereocenters. The Morgan fingerprint density at radius 3 is 2.94 bits per heavy atom. The van der Waals surface area contributed by atoms with E-state index >= 15 is 0 Å². The topological polar surface area (TPSA) is 59.2 Å². The van der Waals surface area contributed by atoms with E-state index in [1.165, 1.54) is 11.3 Å². The van der Waals surface area contributed by atoms with Gasteiger partial charge in [0.2, 0.25) is 5.91 Å². The minimum Gasteiger partial charge on any atom is -0.333 e. The van der Waals surface area contributed by atoms with Gasteiger partial charge in [-0.1, -0.05) is 11.6 Å². The number of carbonyl (C=O) groups excluding carboxylic acids is 1. The predicted octanol–water partition coefficient (Wildman–Crippen LogP) is 1.63. The summed E-state index contributed by atoms with van der Waals surface area (Å²) in [5.41, 5.74) is 5.63. The molecule has 2 N–H and O–H groups in total. The van der Waals surface area contributed by atoms with E-state index in [1.807, 2.05) is 4.90 Å². The largest absolute Gasteiger partial charge is 0.333 e. The zero-order valence-corrected chi connectivity index (χ0v) is 10.6. The van der Waals surface area contributed by atoms with Gasteiger partial charge in [0.1, 0.15) is 0 Å². The molecule has 1 aliphatic carbocycles. The van der Waals surface area contributed by atoms with Crippen LogP contribution in [0.3, 0.4) is 0 Å². The first kappa shape index (κ1) is 11.8. The van der Waals surface area contributed by atoms with Crippen molar-refractivity contribution < 1.29 is 4.79 Å². The van der Waals surface area contributed by atoms with E-state index in [1.54, 1.807) is 13.1 Å². The second-order valence-electron chi connectivity index (χ2n) is 4.07. The van der Waals surface area contributed by atoms with Gasteiger partial charge in [0.15, 0.2) is 4.47 Å². The van der Waals surface area contributed by atoms with Crippen molar-refractivity contribution in [1.82, 2.24) is 9.88 Å². The first-order chi connectivity index (χ1) is 7.58. The van der Waals surface area contributed by atoms with Crippen LogP contribution >= 0.6 is 22.9 Å². The number of hydrogen-bond acceptors (Lipinski definition) is 4.